The zero-order valence-corrected chi connectivity index (χ0v) is 13.8. The van der Waals surface area contributed by atoms with Gasteiger partial charge in [-0.3, -0.25) is 0 Å². The van der Waals surface area contributed by atoms with E-state index in [1.165, 1.54) is 36.8 Å². The van der Waals surface area contributed by atoms with Crippen LogP contribution < -0.4 is 10.1 Å². The molecule has 0 amide bonds. The molecule has 3 nitrogen and oxygen atoms in total. The summed E-state index contributed by atoms with van der Waals surface area (Å²) in [4.78, 5) is 4.58. The maximum absolute atomic E-state index is 6.05. The predicted octanol–water partition coefficient (Wildman–Crippen LogP) is 4.01. The van der Waals surface area contributed by atoms with Gasteiger partial charge in [0, 0.05) is 17.8 Å². The molecule has 0 saturated carbocycles. The molecular weight excluding hydrogens is 248 g/mol. The Morgan fingerprint density at radius 3 is 2.65 bits per heavy atom. The largest absolute Gasteiger partial charge is 0.477 e. The number of aromatic nitrogens is 1. The van der Waals surface area contributed by atoms with Crippen LogP contribution in [0.2, 0.25) is 0 Å². The molecule has 0 aliphatic heterocycles. The van der Waals surface area contributed by atoms with Crippen molar-refractivity contribution in [3.63, 3.8) is 0 Å². The molecule has 3 heteroatoms. The summed E-state index contributed by atoms with van der Waals surface area (Å²) in [6.45, 7) is 10.2. The highest BCUT2D eigenvalue weighted by Crippen LogP contribution is 2.22. The van der Waals surface area contributed by atoms with Crippen LogP contribution in [-0.4, -0.2) is 18.6 Å². The molecule has 0 radical (unpaired) electrons. The predicted molar refractivity (Wildman–Crippen MR) is 85.3 cm³/mol. The lowest BCUT2D eigenvalue weighted by Crippen LogP contribution is -2.16. The summed E-state index contributed by atoms with van der Waals surface area (Å²) >= 11 is 0. The van der Waals surface area contributed by atoms with E-state index in [0.717, 1.165) is 24.7 Å². The summed E-state index contributed by atoms with van der Waals surface area (Å²) in [6.07, 6.45) is 4.96. The molecular formula is C17H30N2O. The van der Waals surface area contributed by atoms with Gasteiger partial charge >= 0.3 is 0 Å². The van der Waals surface area contributed by atoms with E-state index in [1.807, 2.05) is 14.0 Å². The summed E-state index contributed by atoms with van der Waals surface area (Å²) in [5, 5.41) is 3.20. The molecule has 0 spiro atoms. The van der Waals surface area contributed by atoms with Gasteiger partial charge in [0.25, 0.3) is 0 Å². The first-order valence-electron chi connectivity index (χ1n) is 7.86. The first-order chi connectivity index (χ1) is 9.62. The molecule has 0 aliphatic rings. The SMILES string of the molecule is CCCCC(CC)COc1nc(C)cc(C)c1CNC. The first kappa shape index (κ1) is 17.0. The number of hydrogen-bond acceptors (Lipinski definition) is 3. The topological polar surface area (TPSA) is 34.1 Å². The second-order valence-electron chi connectivity index (χ2n) is 5.62. The zero-order valence-electron chi connectivity index (χ0n) is 13.8. The molecule has 1 aromatic heterocycles. The molecule has 1 unspecified atom stereocenters. The van der Waals surface area contributed by atoms with Crippen molar-refractivity contribution in [1.29, 1.82) is 0 Å². The van der Waals surface area contributed by atoms with Crippen LogP contribution in [0.5, 0.6) is 5.88 Å². The van der Waals surface area contributed by atoms with Gasteiger partial charge in [-0.05, 0) is 44.9 Å². The standard InChI is InChI=1S/C17H30N2O/c1-6-8-9-15(7-2)12-20-17-16(11-18-5)13(3)10-14(4)19-17/h10,15,18H,6-9,11-12H2,1-5H3. The molecule has 20 heavy (non-hydrogen) atoms. The highest BCUT2D eigenvalue weighted by atomic mass is 16.5. The molecule has 1 heterocycles. The number of aryl methyl sites for hydroxylation is 2. The fourth-order valence-corrected chi connectivity index (χ4v) is 2.44. The lowest BCUT2D eigenvalue weighted by Gasteiger charge is -2.18. The van der Waals surface area contributed by atoms with Crippen LogP contribution in [0.15, 0.2) is 6.07 Å². The second kappa shape index (κ2) is 8.96. The highest BCUT2D eigenvalue weighted by molar-refractivity contribution is 5.35. The van der Waals surface area contributed by atoms with E-state index in [2.05, 4.69) is 37.1 Å². The van der Waals surface area contributed by atoms with Gasteiger partial charge in [-0.15, -0.1) is 0 Å². The molecule has 0 aliphatic carbocycles. The lowest BCUT2D eigenvalue weighted by atomic mass is 10.0. The summed E-state index contributed by atoms with van der Waals surface area (Å²) < 4.78 is 6.05. The molecule has 1 atom stereocenters. The Morgan fingerprint density at radius 1 is 1.30 bits per heavy atom. The van der Waals surface area contributed by atoms with Crippen molar-refractivity contribution < 1.29 is 4.74 Å². The fourth-order valence-electron chi connectivity index (χ4n) is 2.44. The number of ether oxygens (including phenoxy) is 1. The van der Waals surface area contributed by atoms with E-state index in [-0.39, 0.29) is 0 Å². The van der Waals surface area contributed by atoms with Crippen molar-refractivity contribution in [3.8, 4) is 5.88 Å². The van der Waals surface area contributed by atoms with Crippen LogP contribution in [-0.2, 0) is 6.54 Å². The van der Waals surface area contributed by atoms with E-state index in [0.29, 0.717) is 5.92 Å². The minimum atomic E-state index is 0.639. The van der Waals surface area contributed by atoms with Crippen molar-refractivity contribution in [2.45, 2.75) is 59.9 Å². The molecule has 1 rings (SSSR count). The number of nitrogens with one attached hydrogen (secondary N) is 1. The van der Waals surface area contributed by atoms with Gasteiger partial charge in [-0.25, -0.2) is 4.98 Å². The third-order valence-electron chi connectivity index (χ3n) is 3.79. The molecule has 114 valence electrons. The average molecular weight is 278 g/mol. The second-order valence-corrected chi connectivity index (χ2v) is 5.62. The Balaban J connectivity index is 2.74. The Bertz CT molecular complexity index is 404. The van der Waals surface area contributed by atoms with E-state index in [1.54, 1.807) is 0 Å². The van der Waals surface area contributed by atoms with Gasteiger partial charge in [0.15, 0.2) is 0 Å². The van der Waals surface area contributed by atoms with Gasteiger partial charge in [0.05, 0.1) is 6.61 Å². The summed E-state index contributed by atoms with van der Waals surface area (Å²) in [5.41, 5.74) is 3.46. The maximum Gasteiger partial charge on any atom is 0.218 e. The third-order valence-corrected chi connectivity index (χ3v) is 3.79. The van der Waals surface area contributed by atoms with E-state index < -0.39 is 0 Å². The van der Waals surface area contributed by atoms with E-state index >= 15 is 0 Å². The minimum absolute atomic E-state index is 0.639. The van der Waals surface area contributed by atoms with Gasteiger partial charge in [-0.2, -0.15) is 0 Å². The zero-order chi connectivity index (χ0) is 15.0. The van der Waals surface area contributed by atoms with Crippen LogP contribution in [0.25, 0.3) is 0 Å². The van der Waals surface area contributed by atoms with Crippen LogP contribution in [0.3, 0.4) is 0 Å². The Morgan fingerprint density at radius 2 is 2.05 bits per heavy atom. The van der Waals surface area contributed by atoms with Crippen molar-refractivity contribution in [1.82, 2.24) is 10.3 Å². The number of pyridine rings is 1. The molecule has 0 bridgehead atoms. The first-order valence-corrected chi connectivity index (χ1v) is 7.86. The van der Waals surface area contributed by atoms with Crippen molar-refractivity contribution in [2.24, 2.45) is 5.92 Å². The van der Waals surface area contributed by atoms with Crippen molar-refractivity contribution >= 4 is 0 Å². The maximum atomic E-state index is 6.05. The summed E-state index contributed by atoms with van der Waals surface area (Å²) in [5.74, 6) is 1.45. The molecule has 0 fully saturated rings. The fraction of sp³-hybridized carbons (Fsp3) is 0.706. The Hall–Kier alpha value is -1.09. The lowest BCUT2D eigenvalue weighted by molar-refractivity contribution is 0.223. The van der Waals surface area contributed by atoms with Gasteiger partial charge in [-0.1, -0.05) is 33.1 Å². The van der Waals surface area contributed by atoms with Gasteiger partial charge < -0.3 is 10.1 Å². The molecule has 1 aromatic rings. The molecule has 0 aromatic carbocycles. The molecule has 1 N–H and O–H groups in total. The van der Waals surface area contributed by atoms with Crippen LogP contribution in [0, 0.1) is 19.8 Å². The van der Waals surface area contributed by atoms with E-state index in [4.69, 9.17) is 4.74 Å². The quantitative estimate of drug-likeness (QED) is 0.741. The van der Waals surface area contributed by atoms with Gasteiger partial charge in [0.2, 0.25) is 5.88 Å². The monoisotopic (exact) mass is 278 g/mol. The van der Waals surface area contributed by atoms with Crippen LogP contribution in [0.1, 0.15) is 56.4 Å². The molecule has 0 saturated heterocycles. The summed E-state index contributed by atoms with van der Waals surface area (Å²) in [6, 6.07) is 2.12. The van der Waals surface area contributed by atoms with Crippen LogP contribution in [0.4, 0.5) is 0 Å². The number of unbranched alkanes of at least 4 members (excludes halogenated alkanes) is 1. The normalized spacial score (nSPS) is 12.4. The number of rotatable bonds is 9. The number of nitrogens with zero attached hydrogens (tertiary/aromatic N) is 1. The average Bonchev–Trinajstić information content (AvgIpc) is 2.42. The highest BCUT2D eigenvalue weighted by Gasteiger charge is 2.12. The number of hydrogen-bond donors (Lipinski definition) is 1. The van der Waals surface area contributed by atoms with Crippen molar-refractivity contribution in [3.05, 3.63) is 22.9 Å². The summed E-state index contributed by atoms with van der Waals surface area (Å²) in [7, 11) is 1.96. The van der Waals surface area contributed by atoms with E-state index in [9.17, 15) is 0 Å². The minimum Gasteiger partial charge on any atom is -0.477 e. The Kier molecular flexibility index (Phi) is 7.60. The third kappa shape index (κ3) is 5.12. The van der Waals surface area contributed by atoms with Crippen molar-refractivity contribution in [2.75, 3.05) is 13.7 Å². The van der Waals surface area contributed by atoms with Crippen LogP contribution >= 0.6 is 0 Å². The smallest absolute Gasteiger partial charge is 0.218 e. The van der Waals surface area contributed by atoms with Gasteiger partial charge in [0.1, 0.15) is 0 Å². The Labute approximate surface area is 124 Å².